The van der Waals surface area contributed by atoms with Gasteiger partial charge in [0, 0.05) is 19.0 Å². The molecule has 0 saturated heterocycles. The van der Waals surface area contributed by atoms with E-state index in [0.717, 1.165) is 12.8 Å². The maximum absolute atomic E-state index is 9.52. The van der Waals surface area contributed by atoms with Crippen LogP contribution in [0.2, 0.25) is 0 Å². The molecule has 0 spiro atoms. The van der Waals surface area contributed by atoms with Crippen molar-refractivity contribution in [2.75, 3.05) is 13.1 Å². The number of nitrogens with zero attached hydrogens (tertiary/aromatic N) is 1. The fraction of sp³-hybridized carbons (Fsp3) is 0.889. The molecule has 1 fully saturated rings. The van der Waals surface area contributed by atoms with Gasteiger partial charge in [-0.3, -0.25) is 0 Å². The van der Waals surface area contributed by atoms with Gasteiger partial charge in [-0.25, -0.2) is 0 Å². The van der Waals surface area contributed by atoms with Crippen molar-refractivity contribution in [1.82, 2.24) is 5.32 Å². The van der Waals surface area contributed by atoms with E-state index in [1.54, 1.807) is 0 Å². The molecule has 1 aliphatic carbocycles. The Bertz CT molecular complexity index is 204. The number of rotatable bonds is 6. The minimum absolute atomic E-state index is 0.00796. The van der Waals surface area contributed by atoms with Crippen molar-refractivity contribution >= 4 is 5.84 Å². The Balaban J connectivity index is 2.07. The van der Waals surface area contributed by atoms with Gasteiger partial charge >= 0.3 is 0 Å². The number of hydrogen-bond donors (Lipinski definition) is 4. The largest absolute Gasteiger partial charge is 0.409 e. The summed E-state index contributed by atoms with van der Waals surface area (Å²) in [7, 11) is 0. The monoisotopic (exact) mass is 201 g/mol. The summed E-state index contributed by atoms with van der Waals surface area (Å²) < 4.78 is 0. The maximum atomic E-state index is 9.52. The number of aliphatic hydroxyl groups is 1. The van der Waals surface area contributed by atoms with E-state index in [0.29, 0.717) is 19.0 Å². The number of amidine groups is 1. The van der Waals surface area contributed by atoms with Crippen LogP contribution in [-0.2, 0) is 0 Å². The van der Waals surface area contributed by atoms with Crippen molar-refractivity contribution < 1.29 is 10.3 Å². The van der Waals surface area contributed by atoms with Crippen molar-refractivity contribution in [1.29, 1.82) is 0 Å². The zero-order chi connectivity index (χ0) is 10.6. The molecule has 0 bridgehead atoms. The molecule has 0 aromatic carbocycles. The molecule has 1 aliphatic rings. The minimum Gasteiger partial charge on any atom is -0.409 e. The highest BCUT2D eigenvalue weighted by Crippen LogP contribution is 2.32. The lowest BCUT2D eigenvalue weighted by Crippen LogP contribution is -2.35. The van der Waals surface area contributed by atoms with E-state index < -0.39 is 0 Å². The molecule has 0 amide bonds. The molecule has 5 nitrogen and oxygen atoms in total. The fourth-order valence-corrected chi connectivity index (χ4v) is 1.30. The predicted octanol–water partition coefficient (Wildman–Crippen LogP) is -0.271. The predicted molar refractivity (Wildman–Crippen MR) is 54.2 cm³/mol. The first-order valence-electron chi connectivity index (χ1n) is 5.01. The minimum atomic E-state index is -0.241. The Morgan fingerprint density at radius 3 is 2.71 bits per heavy atom. The first kappa shape index (κ1) is 11.3. The third kappa shape index (κ3) is 3.51. The summed E-state index contributed by atoms with van der Waals surface area (Å²) in [4.78, 5) is 0. The lowest BCUT2D eigenvalue weighted by atomic mass is 10.1. The molecule has 14 heavy (non-hydrogen) atoms. The van der Waals surface area contributed by atoms with Crippen molar-refractivity contribution in [3.05, 3.63) is 0 Å². The lowest BCUT2D eigenvalue weighted by molar-refractivity contribution is 0.148. The second-order valence-electron chi connectivity index (χ2n) is 3.99. The van der Waals surface area contributed by atoms with E-state index in [2.05, 4.69) is 10.5 Å². The zero-order valence-electron chi connectivity index (χ0n) is 8.48. The van der Waals surface area contributed by atoms with Crippen molar-refractivity contribution in [3.63, 3.8) is 0 Å². The molecule has 5 N–H and O–H groups in total. The van der Waals surface area contributed by atoms with Gasteiger partial charge in [0.1, 0.15) is 5.84 Å². The molecule has 5 heteroatoms. The second-order valence-corrected chi connectivity index (χ2v) is 3.99. The quantitative estimate of drug-likeness (QED) is 0.206. The average molecular weight is 201 g/mol. The summed E-state index contributed by atoms with van der Waals surface area (Å²) >= 11 is 0. The van der Waals surface area contributed by atoms with Crippen LogP contribution < -0.4 is 11.1 Å². The van der Waals surface area contributed by atoms with Crippen LogP contribution >= 0.6 is 0 Å². The van der Waals surface area contributed by atoms with Crippen LogP contribution in [-0.4, -0.2) is 35.3 Å². The van der Waals surface area contributed by atoms with Crippen LogP contribution in [0.3, 0.4) is 0 Å². The van der Waals surface area contributed by atoms with E-state index in [-0.39, 0.29) is 17.9 Å². The third-order valence-corrected chi connectivity index (χ3v) is 2.59. The first-order valence-corrected chi connectivity index (χ1v) is 5.01. The van der Waals surface area contributed by atoms with Crippen molar-refractivity contribution in [2.45, 2.75) is 25.9 Å². The van der Waals surface area contributed by atoms with Crippen LogP contribution in [0.15, 0.2) is 5.16 Å². The number of aliphatic hydroxyl groups excluding tert-OH is 1. The molecule has 0 aromatic heterocycles. The molecule has 1 rings (SSSR count). The number of oxime groups is 1. The van der Waals surface area contributed by atoms with E-state index in [9.17, 15) is 5.11 Å². The smallest absolute Gasteiger partial charge is 0.143 e. The summed E-state index contributed by atoms with van der Waals surface area (Å²) in [6.45, 7) is 3.08. The van der Waals surface area contributed by atoms with Crippen molar-refractivity contribution in [2.24, 2.45) is 22.7 Å². The van der Waals surface area contributed by atoms with Gasteiger partial charge in [0.25, 0.3) is 0 Å². The zero-order valence-corrected chi connectivity index (χ0v) is 8.48. The second kappa shape index (κ2) is 5.17. The van der Waals surface area contributed by atoms with E-state index in [4.69, 9.17) is 10.9 Å². The van der Waals surface area contributed by atoms with Crippen LogP contribution in [0.4, 0.5) is 0 Å². The van der Waals surface area contributed by atoms with Gasteiger partial charge in [-0.05, 0) is 18.8 Å². The van der Waals surface area contributed by atoms with E-state index in [1.165, 1.54) is 0 Å². The molecule has 2 unspecified atom stereocenters. The Kier molecular flexibility index (Phi) is 4.16. The molecule has 0 aliphatic heterocycles. The summed E-state index contributed by atoms with van der Waals surface area (Å²) in [5.74, 6) is 0.700. The van der Waals surface area contributed by atoms with Gasteiger partial charge < -0.3 is 21.4 Å². The average Bonchev–Trinajstić information content (AvgIpc) is 2.99. The Labute approximate surface area is 84.0 Å². The maximum Gasteiger partial charge on any atom is 0.143 e. The highest BCUT2D eigenvalue weighted by molar-refractivity contribution is 5.82. The van der Waals surface area contributed by atoms with E-state index >= 15 is 0 Å². The van der Waals surface area contributed by atoms with Crippen LogP contribution in [0.5, 0.6) is 0 Å². The van der Waals surface area contributed by atoms with Gasteiger partial charge in [0.15, 0.2) is 0 Å². The van der Waals surface area contributed by atoms with E-state index in [1.807, 2.05) is 6.92 Å². The highest BCUT2D eigenvalue weighted by atomic mass is 16.4. The van der Waals surface area contributed by atoms with Crippen LogP contribution in [0.1, 0.15) is 19.8 Å². The lowest BCUT2D eigenvalue weighted by Gasteiger charge is -2.13. The number of hydrogen-bond acceptors (Lipinski definition) is 4. The molecule has 0 heterocycles. The molecular weight excluding hydrogens is 182 g/mol. The number of nitrogens with one attached hydrogen (secondary N) is 1. The standard InChI is InChI=1S/C9H19N3O2/c1-6(9(10)12-14)4-11-5-8(13)7-2-3-7/h6-8,11,13-14H,2-5H2,1H3,(H2,10,12). The summed E-state index contributed by atoms with van der Waals surface area (Å²) in [5.41, 5.74) is 5.40. The summed E-state index contributed by atoms with van der Waals surface area (Å²) in [6, 6.07) is 0. The molecule has 0 radical (unpaired) electrons. The SMILES string of the molecule is CC(CNCC(O)C1CC1)C(N)=NO. The molecular formula is C9H19N3O2. The third-order valence-electron chi connectivity index (χ3n) is 2.59. The van der Waals surface area contributed by atoms with Gasteiger partial charge in [-0.1, -0.05) is 12.1 Å². The van der Waals surface area contributed by atoms with Gasteiger partial charge in [0.05, 0.1) is 6.10 Å². The topological polar surface area (TPSA) is 90.9 Å². The fourth-order valence-electron chi connectivity index (χ4n) is 1.30. The van der Waals surface area contributed by atoms with Crippen molar-refractivity contribution in [3.8, 4) is 0 Å². The van der Waals surface area contributed by atoms with Gasteiger partial charge in [0.2, 0.25) is 0 Å². The van der Waals surface area contributed by atoms with Gasteiger partial charge in [-0.15, -0.1) is 0 Å². The molecule has 1 saturated carbocycles. The molecule has 0 aromatic rings. The molecule has 2 atom stereocenters. The summed E-state index contributed by atoms with van der Waals surface area (Å²) in [6.07, 6.45) is 2.03. The normalized spacial score (nSPS) is 22.0. The molecule has 82 valence electrons. The first-order chi connectivity index (χ1) is 6.65. The highest BCUT2D eigenvalue weighted by Gasteiger charge is 2.29. The van der Waals surface area contributed by atoms with Crippen LogP contribution in [0.25, 0.3) is 0 Å². The Hall–Kier alpha value is -0.810. The van der Waals surface area contributed by atoms with Gasteiger partial charge in [-0.2, -0.15) is 0 Å². The number of nitrogens with two attached hydrogens (primary N) is 1. The Morgan fingerprint density at radius 1 is 1.57 bits per heavy atom. The summed E-state index contributed by atoms with van der Waals surface area (Å²) in [5, 5.41) is 23.9. The Morgan fingerprint density at radius 2 is 2.21 bits per heavy atom. The van der Waals surface area contributed by atoms with Crippen LogP contribution in [0, 0.1) is 11.8 Å².